The van der Waals surface area contributed by atoms with Crippen LogP contribution in [0.1, 0.15) is 0 Å². The lowest BCUT2D eigenvalue weighted by molar-refractivity contribution is -0.104. The molecule has 0 aliphatic heterocycles. The zero-order valence-corrected chi connectivity index (χ0v) is 8.58. The lowest BCUT2D eigenvalue weighted by Gasteiger charge is -2.02. The Hall–Kier alpha value is -1.49. The van der Waals surface area contributed by atoms with Crippen LogP contribution in [0.4, 0.5) is 4.39 Å². The molecule has 0 aliphatic rings. The van der Waals surface area contributed by atoms with Crippen LogP contribution >= 0.6 is 0 Å². The van der Waals surface area contributed by atoms with Crippen LogP contribution in [0.3, 0.4) is 0 Å². The molecular formula is C10H9FO3S. The van der Waals surface area contributed by atoms with E-state index in [4.69, 9.17) is 0 Å². The SMILES string of the molecule is O=C/C(=C/F)CS(=O)(=O)c1ccccc1. The Morgan fingerprint density at radius 2 is 1.87 bits per heavy atom. The van der Waals surface area contributed by atoms with Crippen molar-refractivity contribution in [3.63, 3.8) is 0 Å². The first-order chi connectivity index (χ1) is 7.10. The minimum absolute atomic E-state index is 0.00743. The first kappa shape index (κ1) is 11.6. The van der Waals surface area contributed by atoms with Crippen LogP contribution in [0.25, 0.3) is 0 Å². The first-order valence-electron chi connectivity index (χ1n) is 4.12. The normalized spacial score (nSPS) is 12.5. The topological polar surface area (TPSA) is 51.2 Å². The zero-order chi connectivity index (χ0) is 11.3. The predicted octanol–water partition coefficient (Wildman–Crippen LogP) is 1.51. The maximum atomic E-state index is 12.0. The molecule has 0 aromatic heterocycles. The smallest absolute Gasteiger partial charge is 0.182 e. The van der Waals surface area contributed by atoms with Crippen LogP contribution in [0.2, 0.25) is 0 Å². The van der Waals surface area contributed by atoms with E-state index in [1.807, 2.05) is 0 Å². The fraction of sp³-hybridized carbons (Fsp3) is 0.100. The molecular weight excluding hydrogens is 219 g/mol. The highest BCUT2D eigenvalue weighted by Gasteiger charge is 2.15. The molecule has 0 saturated heterocycles. The van der Waals surface area contributed by atoms with Gasteiger partial charge in [0.2, 0.25) is 0 Å². The largest absolute Gasteiger partial charge is 0.298 e. The molecule has 1 rings (SSSR count). The van der Waals surface area contributed by atoms with E-state index in [0.717, 1.165) is 0 Å². The van der Waals surface area contributed by atoms with Crippen LogP contribution in [0.15, 0.2) is 47.1 Å². The zero-order valence-electron chi connectivity index (χ0n) is 7.76. The average molecular weight is 228 g/mol. The molecule has 0 radical (unpaired) electrons. The van der Waals surface area contributed by atoms with E-state index < -0.39 is 15.6 Å². The molecule has 0 bridgehead atoms. The maximum absolute atomic E-state index is 12.0. The van der Waals surface area contributed by atoms with E-state index in [0.29, 0.717) is 0 Å². The second-order valence-electron chi connectivity index (χ2n) is 2.87. The molecule has 0 aliphatic carbocycles. The number of carbonyl (C=O) groups is 1. The average Bonchev–Trinajstić information content (AvgIpc) is 2.27. The van der Waals surface area contributed by atoms with Crippen LogP contribution in [0, 0.1) is 0 Å². The molecule has 0 fully saturated rings. The molecule has 0 spiro atoms. The fourth-order valence-corrected chi connectivity index (χ4v) is 2.33. The fourth-order valence-electron chi connectivity index (χ4n) is 1.02. The van der Waals surface area contributed by atoms with Crippen molar-refractivity contribution in [1.82, 2.24) is 0 Å². The Labute approximate surface area is 87.2 Å². The Bertz CT molecular complexity index is 463. The number of sulfone groups is 1. The third-order valence-corrected chi connectivity index (χ3v) is 3.45. The number of aldehydes is 1. The summed E-state index contributed by atoms with van der Waals surface area (Å²) < 4.78 is 35.2. The van der Waals surface area contributed by atoms with Gasteiger partial charge in [-0.3, -0.25) is 4.79 Å². The van der Waals surface area contributed by atoms with Gasteiger partial charge in [0.15, 0.2) is 9.84 Å². The molecule has 0 heterocycles. The van der Waals surface area contributed by atoms with E-state index in [-0.39, 0.29) is 23.1 Å². The van der Waals surface area contributed by atoms with E-state index >= 15 is 0 Å². The first-order valence-corrected chi connectivity index (χ1v) is 5.77. The lowest BCUT2D eigenvalue weighted by Crippen LogP contribution is -2.09. The Morgan fingerprint density at radius 1 is 1.27 bits per heavy atom. The van der Waals surface area contributed by atoms with Gasteiger partial charge in [-0.2, -0.15) is 0 Å². The summed E-state index contributed by atoms with van der Waals surface area (Å²) in [5, 5.41) is 0. The van der Waals surface area contributed by atoms with Crippen LogP contribution < -0.4 is 0 Å². The van der Waals surface area contributed by atoms with Crippen molar-refractivity contribution in [2.75, 3.05) is 5.75 Å². The molecule has 5 heteroatoms. The Kier molecular flexibility index (Phi) is 3.74. The van der Waals surface area contributed by atoms with Crippen molar-refractivity contribution in [1.29, 1.82) is 0 Å². The van der Waals surface area contributed by atoms with E-state index in [1.54, 1.807) is 18.2 Å². The van der Waals surface area contributed by atoms with Crippen LogP contribution in [-0.2, 0) is 14.6 Å². The Morgan fingerprint density at radius 3 is 2.33 bits per heavy atom. The molecule has 3 nitrogen and oxygen atoms in total. The van der Waals surface area contributed by atoms with Gasteiger partial charge in [-0.05, 0) is 12.1 Å². The summed E-state index contributed by atoms with van der Waals surface area (Å²) in [5.74, 6) is -0.614. The molecule has 0 N–H and O–H groups in total. The minimum Gasteiger partial charge on any atom is -0.298 e. The van der Waals surface area contributed by atoms with Crippen molar-refractivity contribution < 1.29 is 17.6 Å². The highest BCUT2D eigenvalue weighted by atomic mass is 32.2. The summed E-state index contributed by atoms with van der Waals surface area (Å²) in [6, 6.07) is 7.59. The van der Waals surface area contributed by atoms with Gasteiger partial charge < -0.3 is 0 Å². The molecule has 0 saturated carbocycles. The molecule has 80 valence electrons. The van der Waals surface area contributed by atoms with Crippen molar-refractivity contribution in [3.8, 4) is 0 Å². The number of rotatable bonds is 4. The predicted molar refractivity (Wildman–Crippen MR) is 53.7 cm³/mol. The number of halogens is 1. The standard InChI is InChI=1S/C10H9FO3S/c11-6-9(7-12)8-15(13,14)10-4-2-1-3-5-10/h1-7H,8H2/b9-6-. The van der Waals surface area contributed by atoms with Crippen LogP contribution in [0.5, 0.6) is 0 Å². The number of hydrogen-bond donors (Lipinski definition) is 0. The molecule has 0 unspecified atom stereocenters. The highest BCUT2D eigenvalue weighted by molar-refractivity contribution is 7.91. The lowest BCUT2D eigenvalue weighted by atomic mass is 10.4. The third-order valence-electron chi connectivity index (χ3n) is 1.75. The van der Waals surface area contributed by atoms with Crippen molar-refractivity contribution in [2.24, 2.45) is 0 Å². The van der Waals surface area contributed by atoms with Gasteiger partial charge in [-0.15, -0.1) is 0 Å². The molecule has 1 aromatic rings. The minimum atomic E-state index is -3.62. The van der Waals surface area contributed by atoms with Crippen molar-refractivity contribution in [2.45, 2.75) is 4.90 Å². The van der Waals surface area contributed by atoms with E-state index in [1.165, 1.54) is 12.1 Å². The van der Waals surface area contributed by atoms with Crippen molar-refractivity contribution in [3.05, 3.63) is 42.2 Å². The molecule has 15 heavy (non-hydrogen) atoms. The summed E-state index contributed by atoms with van der Waals surface area (Å²) in [6.07, 6.45) is 0.202. The summed E-state index contributed by atoms with van der Waals surface area (Å²) in [5.41, 5.74) is -0.390. The van der Waals surface area contributed by atoms with Gasteiger partial charge in [0, 0.05) is 5.57 Å². The summed E-state index contributed by atoms with van der Waals surface area (Å²) >= 11 is 0. The van der Waals surface area contributed by atoms with Gasteiger partial charge in [-0.1, -0.05) is 18.2 Å². The number of carbonyl (C=O) groups excluding carboxylic acids is 1. The Balaban J connectivity index is 3.00. The van der Waals surface area contributed by atoms with Gasteiger partial charge in [-0.25, -0.2) is 12.8 Å². The summed E-state index contributed by atoms with van der Waals surface area (Å²) in [6.45, 7) is 0. The maximum Gasteiger partial charge on any atom is 0.182 e. The monoisotopic (exact) mass is 228 g/mol. The van der Waals surface area contributed by atoms with E-state index in [9.17, 15) is 17.6 Å². The molecule has 1 aromatic carbocycles. The van der Waals surface area contributed by atoms with Gasteiger partial charge in [0.25, 0.3) is 0 Å². The quantitative estimate of drug-likeness (QED) is 0.579. The third kappa shape index (κ3) is 2.99. The van der Waals surface area contributed by atoms with Gasteiger partial charge >= 0.3 is 0 Å². The highest BCUT2D eigenvalue weighted by Crippen LogP contribution is 2.12. The number of hydrogen-bond acceptors (Lipinski definition) is 3. The van der Waals surface area contributed by atoms with Gasteiger partial charge in [0.05, 0.1) is 17.0 Å². The number of benzene rings is 1. The van der Waals surface area contributed by atoms with Crippen molar-refractivity contribution >= 4 is 16.1 Å². The van der Waals surface area contributed by atoms with Crippen LogP contribution in [-0.4, -0.2) is 20.5 Å². The molecule has 0 amide bonds. The second kappa shape index (κ2) is 4.84. The second-order valence-corrected chi connectivity index (χ2v) is 4.86. The van der Waals surface area contributed by atoms with Gasteiger partial charge in [0.1, 0.15) is 6.29 Å². The van der Waals surface area contributed by atoms with E-state index in [2.05, 4.69) is 0 Å². The molecule has 0 atom stereocenters. The summed E-state index contributed by atoms with van der Waals surface area (Å²) in [4.78, 5) is 10.3. The summed E-state index contributed by atoms with van der Waals surface area (Å²) in [7, 11) is -3.62.